The smallest absolute Gasteiger partial charge is 0.113 e. The molecule has 0 unspecified atom stereocenters. The van der Waals surface area contributed by atoms with Gasteiger partial charge >= 0.3 is 0 Å². The highest BCUT2D eigenvalue weighted by Crippen LogP contribution is 2.19. The summed E-state index contributed by atoms with van der Waals surface area (Å²) < 4.78 is 1.92. The van der Waals surface area contributed by atoms with Crippen molar-refractivity contribution in [1.29, 1.82) is 0 Å². The van der Waals surface area contributed by atoms with E-state index in [-0.39, 0.29) is 0 Å². The average Bonchev–Trinajstić information content (AvgIpc) is 2.29. The molecule has 3 heterocycles. The van der Waals surface area contributed by atoms with Crippen LogP contribution in [0.1, 0.15) is 5.56 Å². The molecule has 0 spiro atoms. The maximum absolute atomic E-state index is 3.98. The normalized spacial score (nSPS) is 13.6. The van der Waals surface area contributed by atoms with E-state index in [1.54, 1.807) is 0 Å². The Labute approximate surface area is 57.3 Å². The number of rotatable bonds is 0. The zero-order chi connectivity index (χ0) is 6.55. The maximum Gasteiger partial charge on any atom is 0.113 e. The molecule has 48 valence electrons. The summed E-state index contributed by atoms with van der Waals surface area (Å²) in [7, 11) is 0. The Kier molecular flexibility index (Phi) is 0.537. The molecule has 3 nitrogen and oxygen atoms in total. The van der Waals surface area contributed by atoms with Gasteiger partial charge in [0.2, 0.25) is 0 Å². The molecule has 0 atom stereocenters. The lowest BCUT2D eigenvalue weighted by molar-refractivity contribution is 0.668. The molecule has 1 aromatic heterocycles. The minimum Gasteiger partial charge on any atom is -0.240 e. The van der Waals surface area contributed by atoms with E-state index in [9.17, 15) is 0 Å². The molecule has 10 heavy (non-hydrogen) atoms. The van der Waals surface area contributed by atoms with E-state index in [1.165, 1.54) is 5.56 Å². The minimum atomic E-state index is 0.902. The van der Waals surface area contributed by atoms with Crippen molar-refractivity contribution in [1.82, 2.24) is 15.0 Å². The Morgan fingerprint density at radius 2 is 2.40 bits per heavy atom. The minimum absolute atomic E-state index is 0.902. The summed E-state index contributed by atoms with van der Waals surface area (Å²) in [6.45, 7) is 0.902. The molecule has 0 saturated heterocycles. The molecule has 4 bridgehead atoms. The van der Waals surface area contributed by atoms with Crippen LogP contribution in [0.4, 0.5) is 0 Å². The summed E-state index contributed by atoms with van der Waals surface area (Å²) in [5, 5.41) is 7.94. The highest BCUT2D eigenvalue weighted by molar-refractivity contribution is 5.76. The third-order valence-electron chi connectivity index (χ3n) is 1.91. The zero-order valence-electron chi connectivity index (χ0n) is 5.28. The monoisotopic (exact) mass is 131 g/mol. The lowest BCUT2D eigenvalue weighted by Crippen LogP contribution is -2.04. The van der Waals surface area contributed by atoms with Gasteiger partial charge in [0.05, 0.1) is 12.1 Å². The van der Waals surface area contributed by atoms with Gasteiger partial charge < -0.3 is 0 Å². The summed E-state index contributed by atoms with van der Waals surface area (Å²) in [6, 6.07) is 6.27. The molecule has 4 rings (SSSR count). The molecule has 0 N–H and O–H groups in total. The van der Waals surface area contributed by atoms with Crippen LogP contribution < -0.4 is 0 Å². The van der Waals surface area contributed by atoms with Gasteiger partial charge in [-0.05, 0) is 17.7 Å². The van der Waals surface area contributed by atoms with E-state index in [2.05, 4.69) is 28.5 Å². The van der Waals surface area contributed by atoms with E-state index in [0.29, 0.717) is 0 Å². The van der Waals surface area contributed by atoms with Crippen molar-refractivity contribution in [2.45, 2.75) is 6.54 Å². The molecular formula is C7H5N3. The van der Waals surface area contributed by atoms with Gasteiger partial charge in [-0.25, -0.2) is 4.68 Å². The molecular weight excluding hydrogens is 126 g/mol. The SMILES string of the molecule is c1cc2c3cc1Cn2nn3. The van der Waals surface area contributed by atoms with Crippen LogP contribution in [0.25, 0.3) is 11.0 Å². The number of hydrogen-bond acceptors (Lipinski definition) is 2. The predicted molar refractivity (Wildman–Crippen MR) is 36.6 cm³/mol. The van der Waals surface area contributed by atoms with E-state index < -0.39 is 0 Å². The van der Waals surface area contributed by atoms with Crippen LogP contribution in [-0.2, 0) is 6.54 Å². The van der Waals surface area contributed by atoms with Crippen LogP contribution in [0, 0.1) is 0 Å². The van der Waals surface area contributed by atoms with Gasteiger partial charge in [0.15, 0.2) is 0 Å². The fourth-order valence-electron chi connectivity index (χ4n) is 1.41. The molecule has 0 saturated carbocycles. The maximum atomic E-state index is 3.98. The number of hydrogen-bond donors (Lipinski definition) is 0. The number of fused-ring (bicyclic) bond motifs is 1. The summed E-state index contributed by atoms with van der Waals surface area (Å²) >= 11 is 0. The van der Waals surface area contributed by atoms with Crippen molar-refractivity contribution in [2.24, 2.45) is 0 Å². The molecule has 1 aromatic carbocycles. The second-order valence-electron chi connectivity index (χ2n) is 2.57. The molecule has 0 radical (unpaired) electrons. The number of nitrogens with zero attached hydrogens (tertiary/aromatic N) is 3. The quantitative estimate of drug-likeness (QED) is 0.451. The van der Waals surface area contributed by atoms with Crippen molar-refractivity contribution in [2.75, 3.05) is 0 Å². The highest BCUT2D eigenvalue weighted by Gasteiger charge is 2.11. The Hall–Kier alpha value is -1.38. The lowest BCUT2D eigenvalue weighted by Gasteiger charge is -2.07. The number of aromatic nitrogens is 3. The van der Waals surface area contributed by atoms with Crippen LogP contribution in [0.15, 0.2) is 18.2 Å². The summed E-state index contributed by atoms with van der Waals surface area (Å²) in [6.07, 6.45) is 0. The lowest BCUT2D eigenvalue weighted by atomic mass is 10.1. The van der Waals surface area contributed by atoms with Gasteiger partial charge in [0, 0.05) is 0 Å². The van der Waals surface area contributed by atoms with Crippen molar-refractivity contribution in [3.05, 3.63) is 23.8 Å². The third-order valence-corrected chi connectivity index (χ3v) is 1.91. The van der Waals surface area contributed by atoms with Gasteiger partial charge in [0.25, 0.3) is 0 Å². The first-order chi connectivity index (χ1) is 4.93. The molecule has 3 heteroatoms. The summed E-state index contributed by atoms with van der Waals surface area (Å²) in [5.41, 5.74) is 3.47. The van der Waals surface area contributed by atoms with Crippen molar-refractivity contribution < 1.29 is 0 Å². The fourth-order valence-corrected chi connectivity index (χ4v) is 1.41. The van der Waals surface area contributed by atoms with Crippen molar-refractivity contribution >= 4 is 11.0 Å². The summed E-state index contributed by atoms with van der Waals surface area (Å²) in [5.74, 6) is 0. The predicted octanol–water partition coefficient (Wildman–Crippen LogP) is 0.793. The Bertz CT molecular complexity index is 402. The molecule has 0 aliphatic carbocycles. The average molecular weight is 131 g/mol. The largest absolute Gasteiger partial charge is 0.240 e. The zero-order valence-corrected chi connectivity index (χ0v) is 5.28. The van der Waals surface area contributed by atoms with Crippen LogP contribution in [-0.4, -0.2) is 15.0 Å². The third kappa shape index (κ3) is 0.345. The second kappa shape index (κ2) is 1.21. The highest BCUT2D eigenvalue weighted by atomic mass is 15.4. The van der Waals surface area contributed by atoms with E-state index in [0.717, 1.165) is 17.6 Å². The first kappa shape index (κ1) is 4.44. The Morgan fingerprint density at radius 1 is 1.40 bits per heavy atom. The van der Waals surface area contributed by atoms with Crippen LogP contribution in [0.3, 0.4) is 0 Å². The molecule has 2 aliphatic heterocycles. The topological polar surface area (TPSA) is 30.7 Å². The first-order valence-corrected chi connectivity index (χ1v) is 3.26. The van der Waals surface area contributed by atoms with Crippen LogP contribution in [0.5, 0.6) is 0 Å². The number of benzene rings is 1. The molecule has 2 aliphatic rings. The molecule has 0 fully saturated rings. The second-order valence-corrected chi connectivity index (χ2v) is 2.57. The van der Waals surface area contributed by atoms with Crippen molar-refractivity contribution in [3.63, 3.8) is 0 Å². The van der Waals surface area contributed by atoms with E-state index in [4.69, 9.17) is 0 Å². The van der Waals surface area contributed by atoms with Crippen molar-refractivity contribution in [3.8, 4) is 0 Å². The van der Waals surface area contributed by atoms with E-state index >= 15 is 0 Å². The first-order valence-electron chi connectivity index (χ1n) is 3.26. The summed E-state index contributed by atoms with van der Waals surface area (Å²) in [4.78, 5) is 0. The van der Waals surface area contributed by atoms with Gasteiger partial charge in [-0.2, -0.15) is 0 Å². The van der Waals surface area contributed by atoms with E-state index in [1.807, 2.05) is 4.68 Å². The van der Waals surface area contributed by atoms with Gasteiger partial charge in [-0.15, -0.1) is 5.10 Å². The van der Waals surface area contributed by atoms with Gasteiger partial charge in [-0.1, -0.05) is 11.3 Å². The van der Waals surface area contributed by atoms with Crippen LogP contribution in [0.2, 0.25) is 0 Å². The standard InChI is InChI=1S/C7H5N3/c1-2-7-6-3-5(1)4-10(7)9-8-6/h1-3H,4H2. The fraction of sp³-hybridized carbons (Fsp3) is 0.143. The molecule has 2 aromatic rings. The van der Waals surface area contributed by atoms with Gasteiger partial charge in [-0.3, -0.25) is 0 Å². The Balaban J connectivity index is 2.73. The molecule has 0 amide bonds. The van der Waals surface area contributed by atoms with Gasteiger partial charge in [0.1, 0.15) is 5.52 Å². The van der Waals surface area contributed by atoms with Crippen LogP contribution >= 0.6 is 0 Å². The Morgan fingerprint density at radius 3 is 3.10 bits per heavy atom.